The van der Waals surface area contributed by atoms with Gasteiger partial charge in [-0.2, -0.15) is 0 Å². The van der Waals surface area contributed by atoms with Crippen LogP contribution < -0.4 is 11.1 Å². The zero-order valence-electron chi connectivity index (χ0n) is 18.5. The number of hydrogen-bond acceptors (Lipinski definition) is 12. The van der Waals surface area contributed by atoms with Gasteiger partial charge in [-0.05, 0) is 25.0 Å². The predicted molar refractivity (Wildman–Crippen MR) is 138 cm³/mol. The molecule has 5 heterocycles. The number of oxime groups is 1. The van der Waals surface area contributed by atoms with Gasteiger partial charge in [0.15, 0.2) is 15.2 Å². The molecule has 0 spiro atoms. The highest BCUT2D eigenvalue weighted by Crippen LogP contribution is 2.44. The minimum atomic E-state index is -1.25. The van der Waals surface area contributed by atoms with Gasteiger partial charge in [-0.3, -0.25) is 19.5 Å². The number of amides is 2. The average molecular weight is 578 g/mol. The third kappa shape index (κ3) is 4.66. The number of aliphatic carboxylic acids is 1. The third-order valence-corrected chi connectivity index (χ3v) is 8.86. The molecule has 16 heteroatoms. The molecule has 0 aliphatic carbocycles. The number of nitrogen functional groups attached to an aromatic ring is 1. The maximum Gasteiger partial charge on any atom is 0.353 e. The Kier molecular flexibility index (Phi) is 6.85. The van der Waals surface area contributed by atoms with Crippen molar-refractivity contribution >= 4 is 74.7 Å². The highest BCUT2D eigenvalue weighted by atomic mass is 35.5. The Bertz CT molecular complexity index is 1470. The number of nitrogens with one attached hydrogen (secondary N) is 1. The van der Waals surface area contributed by atoms with Gasteiger partial charge >= 0.3 is 5.97 Å². The van der Waals surface area contributed by atoms with Gasteiger partial charge in [-0.25, -0.2) is 14.8 Å². The number of hydrogen-bond donors (Lipinski definition) is 4. The van der Waals surface area contributed by atoms with E-state index in [1.54, 1.807) is 12.4 Å². The van der Waals surface area contributed by atoms with E-state index >= 15 is 0 Å². The van der Waals surface area contributed by atoms with E-state index in [-0.39, 0.29) is 20.9 Å². The number of aromatic nitrogens is 3. The number of rotatable bonds is 7. The lowest BCUT2D eigenvalue weighted by atomic mass is 9.86. The molecule has 5 rings (SSSR count). The number of halogens is 1. The van der Waals surface area contributed by atoms with Crippen molar-refractivity contribution in [3.63, 3.8) is 0 Å². The molecule has 2 aliphatic heterocycles. The molecule has 2 amide bonds. The Morgan fingerprint density at radius 3 is 2.70 bits per heavy atom. The van der Waals surface area contributed by atoms with E-state index in [1.165, 1.54) is 28.0 Å². The van der Waals surface area contributed by atoms with Crippen molar-refractivity contribution in [3.05, 3.63) is 50.5 Å². The average Bonchev–Trinajstić information content (AvgIpc) is 3.48. The molecule has 3 aromatic rings. The molecule has 0 unspecified atom stereocenters. The molecule has 0 aromatic carbocycles. The first-order valence-electron chi connectivity index (χ1n) is 10.6. The predicted octanol–water partition coefficient (Wildman–Crippen LogP) is 2.65. The van der Waals surface area contributed by atoms with Crippen LogP contribution in [-0.4, -0.2) is 65.7 Å². The number of carboxylic acid groups (broad SMARTS) is 1. The molecule has 0 radical (unpaired) electrons. The van der Waals surface area contributed by atoms with Crippen molar-refractivity contribution in [1.29, 1.82) is 0 Å². The quantitative estimate of drug-likeness (QED) is 0.141. The molecule has 2 atom stereocenters. The number of carbonyl (C=O) groups is 3. The van der Waals surface area contributed by atoms with Gasteiger partial charge in [-0.15, -0.1) is 11.3 Å². The molecule has 37 heavy (non-hydrogen) atoms. The number of thioether (sulfide) groups is 1. The fourth-order valence-corrected chi connectivity index (χ4v) is 7.04. The van der Waals surface area contributed by atoms with E-state index in [4.69, 9.17) is 17.3 Å². The summed E-state index contributed by atoms with van der Waals surface area (Å²) in [6, 6.07) is 2.08. The summed E-state index contributed by atoms with van der Waals surface area (Å²) in [6.45, 7) is 0. The minimum Gasteiger partial charge on any atom is -0.477 e. The summed E-state index contributed by atoms with van der Waals surface area (Å²) < 4.78 is 0.687. The molecule has 12 nitrogen and oxygen atoms in total. The van der Waals surface area contributed by atoms with Gasteiger partial charge in [0, 0.05) is 28.2 Å². The van der Waals surface area contributed by atoms with Crippen molar-refractivity contribution in [3.8, 4) is 11.3 Å². The third-order valence-electron chi connectivity index (χ3n) is 5.69. The summed E-state index contributed by atoms with van der Waals surface area (Å²) in [5.74, 6) is -2.73. The Morgan fingerprint density at radius 1 is 1.30 bits per heavy atom. The number of thiazole rings is 2. The first-order chi connectivity index (χ1) is 17.8. The van der Waals surface area contributed by atoms with Crippen LogP contribution in [0, 0.1) is 0 Å². The van der Waals surface area contributed by atoms with Crippen molar-refractivity contribution in [2.45, 2.75) is 29.3 Å². The fourth-order valence-electron chi connectivity index (χ4n) is 4.07. The Morgan fingerprint density at radius 2 is 2.05 bits per heavy atom. The van der Waals surface area contributed by atoms with Gasteiger partial charge in [0.2, 0.25) is 0 Å². The SMILES string of the molecule is Nc1nc(/C(=N\O)C(=O)N[C@@H]2C(=O)N3C(C(=O)O)=C(Sc4nc(-c5ccncc5)cs4)CC[C@H]23)c(Cl)s1. The zero-order chi connectivity index (χ0) is 26.3. The Hall–Kier alpha value is -3.53. The van der Waals surface area contributed by atoms with Crippen molar-refractivity contribution in [1.82, 2.24) is 25.2 Å². The van der Waals surface area contributed by atoms with Gasteiger partial charge < -0.3 is 21.4 Å². The van der Waals surface area contributed by atoms with E-state index in [9.17, 15) is 24.7 Å². The first kappa shape index (κ1) is 25.1. The van der Waals surface area contributed by atoms with Crippen LogP contribution >= 0.6 is 46.0 Å². The van der Waals surface area contributed by atoms with E-state index in [2.05, 4.69) is 25.4 Å². The number of carbonyl (C=O) groups excluding carboxylic acids is 2. The minimum absolute atomic E-state index is 0.0479. The monoisotopic (exact) mass is 577 g/mol. The second-order valence-corrected chi connectivity index (χ2v) is 11.6. The maximum atomic E-state index is 13.0. The molecule has 3 aromatic heterocycles. The number of fused-ring (bicyclic) bond motifs is 1. The van der Waals surface area contributed by atoms with Crippen LogP contribution in [0.5, 0.6) is 0 Å². The lowest BCUT2D eigenvalue weighted by Gasteiger charge is -2.49. The molecular formula is C21H16ClN7O5S3. The van der Waals surface area contributed by atoms with Crippen molar-refractivity contribution in [2.24, 2.45) is 5.16 Å². The molecule has 1 saturated heterocycles. The second kappa shape index (κ2) is 10.1. The number of nitrogens with two attached hydrogens (primary N) is 1. The highest BCUT2D eigenvalue weighted by molar-refractivity contribution is 8.04. The number of nitrogens with zero attached hydrogens (tertiary/aromatic N) is 5. The number of β-lactam (4-membered cyclic amide) rings is 1. The van der Waals surface area contributed by atoms with E-state index in [1.807, 2.05) is 17.5 Å². The number of pyridine rings is 1. The lowest BCUT2D eigenvalue weighted by Crippen LogP contribution is -2.72. The second-order valence-electron chi connectivity index (χ2n) is 7.80. The fraction of sp³-hybridized carbons (Fsp3) is 0.190. The summed E-state index contributed by atoms with van der Waals surface area (Å²) in [7, 11) is 0. The topological polar surface area (TPSA) is 184 Å². The summed E-state index contributed by atoms with van der Waals surface area (Å²) in [5.41, 5.74) is 6.47. The molecule has 2 aliphatic rings. The number of anilines is 1. The van der Waals surface area contributed by atoms with Crippen LogP contribution in [0.25, 0.3) is 11.3 Å². The smallest absolute Gasteiger partial charge is 0.353 e. The summed E-state index contributed by atoms with van der Waals surface area (Å²) >= 11 is 9.48. The maximum absolute atomic E-state index is 13.0. The zero-order valence-corrected chi connectivity index (χ0v) is 21.7. The number of allylic oxidation sites excluding steroid dienone is 1. The molecule has 190 valence electrons. The Labute approximate surface area is 225 Å². The summed E-state index contributed by atoms with van der Waals surface area (Å²) in [5, 5.41) is 26.7. The van der Waals surface area contributed by atoms with Gasteiger partial charge in [0.25, 0.3) is 11.8 Å². The van der Waals surface area contributed by atoms with Crippen LogP contribution in [0.4, 0.5) is 5.13 Å². The summed E-state index contributed by atoms with van der Waals surface area (Å²) in [6.07, 6.45) is 4.10. The van der Waals surface area contributed by atoms with E-state index in [0.29, 0.717) is 22.1 Å². The molecular weight excluding hydrogens is 562 g/mol. The van der Waals surface area contributed by atoms with Crippen LogP contribution in [0.15, 0.2) is 50.0 Å². The lowest BCUT2D eigenvalue weighted by molar-refractivity contribution is -0.155. The number of carboxylic acids is 1. The van der Waals surface area contributed by atoms with Gasteiger partial charge in [0.1, 0.15) is 21.8 Å². The van der Waals surface area contributed by atoms with E-state index in [0.717, 1.165) is 22.6 Å². The van der Waals surface area contributed by atoms with Crippen LogP contribution in [0.2, 0.25) is 4.34 Å². The molecule has 1 fully saturated rings. The first-order valence-corrected chi connectivity index (χ1v) is 13.5. The molecule has 5 N–H and O–H groups in total. The Balaban J connectivity index is 1.33. The van der Waals surface area contributed by atoms with Crippen LogP contribution in [0.3, 0.4) is 0 Å². The van der Waals surface area contributed by atoms with Crippen LogP contribution in [0.1, 0.15) is 18.5 Å². The standard InChI is InChI=1S/C21H16ClN7O5S3/c22-16-13(27-20(23)37-16)14(28-34)17(30)26-12-10-1-2-11(15(19(32)33)29(10)18(12)31)36-21-25-9(7-35-21)8-3-5-24-6-4-8/h3-7,10,12,34H,1-2H2,(H2,23,27)(H,26,30)(H,32,33)/b28-14+/t10-,12+/m1/s1. The van der Waals surface area contributed by atoms with Gasteiger partial charge in [0.05, 0.1) is 11.7 Å². The molecule has 0 bridgehead atoms. The van der Waals surface area contributed by atoms with Gasteiger partial charge in [-0.1, -0.05) is 39.9 Å². The van der Waals surface area contributed by atoms with Crippen LogP contribution in [-0.2, 0) is 14.4 Å². The largest absolute Gasteiger partial charge is 0.477 e. The van der Waals surface area contributed by atoms with Crippen molar-refractivity contribution in [2.75, 3.05) is 5.73 Å². The summed E-state index contributed by atoms with van der Waals surface area (Å²) in [4.78, 5) is 52.0. The van der Waals surface area contributed by atoms with Crippen molar-refractivity contribution < 1.29 is 24.7 Å². The molecule has 0 saturated carbocycles. The highest BCUT2D eigenvalue weighted by Gasteiger charge is 2.54. The van der Waals surface area contributed by atoms with E-state index < -0.39 is 35.6 Å². The normalized spacial score (nSPS) is 19.4.